The first-order valence-corrected chi connectivity index (χ1v) is 6.57. The molecule has 110 valence electrons. The topological polar surface area (TPSA) is 30.7 Å². The van der Waals surface area contributed by atoms with Crippen LogP contribution in [0.2, 0.25) is 0 Å². The Bertz CT molecular complexity index is 667. The molecule has 21 heavy (non-hydrogen) atoms. The number of hydrogen-bond acceptors (Lipinski definition) is 2. The molecule has 2 heterocycles. The van der Waals surface area contributed by atoms with E-state index < -0.39 is 0 Å². The van der Waals surface area contributed by atoms with Gasteiger partial charge in [-0.05, 0) is 32.1 Å². The summed E-state index contributed by atoms with van der Waals surface area (Å²) in [5, 5.41) is 0. The largest absolute Gasteiger partial charge is 0.333 e. The standard InChI is InChI=1S/C17H19N3.FH/c1-5-8-13(2)11-14(3)17-19-16(12-20(17)4)15-9-6-7-10-18-15;/h5-12H,3H2,1-2,4H3;1H/b8-5-,13-11-;. The number of allylic oxidation sites excluding steroid dienone is 5. The minimum atomic E-state index is 0. The lowest BCUT2D eigenvalue weighted by molar-refractivity contribution is 0.892. The van der Waals surface area contributed by atoms with Gasteiger partial charge in [0.25, 0.3) is 0 Å². The molecule has 0 amide bonds. The molecule has 4 heteroatoms. The Morgan fingerprint density at radius 3 is 2.67 bits per heavy atom. The molecule has 0 unspecified atom stereocenters. The smallest absolute Gasteiger partial charge is 0.139 e. The molecule has 0 aliphatic carbocycles. The molecule has 0 saturated carbocycles. The zero-order chi connectivity index (χ0) is 14.5. The van der Waals surface area contributed by atoms with E-state index in [1.54, 1.807) is 6.20 Å². The molecule has 0 aliphatic heterocycles. The third kappa shape index (κ3) is 3.99. The molecule has 0 bridgehead atoms. The summed E-state index contributed by atoms with van der Waals surface area (Å²) in [6.07, 6.45) is 9.84. The van der Waals surface area contributed by atoms with Crippen LogP contribution in [0, 0.1) is 0 Å². The van der Waals surface area contributed by atoms with Crippen LogP contribution in [0.15, 0.2) is 61.0 Å². The van der Waals surface area contributed by atoms with Gasteiger partial charge in [-0.2, -0.15) is 0 Å². The van der Waals surface area contributed by atoms with Crippen LogP contribution in [0.1, 0.15) is 19.7 Å². The van der Waals surface area contributed by atoms with Gasteiger partial charge in [-0.1, -0.05) is 30.4 Å². The number of rotatable bonds is 4. The van der Waals surface area contributed by atoms with Gasteiger partial charge in [0.2, 0.25) is 0 Å². The third-order valence-electron chi connectivity index (χ3n) is 2.92. The van der Waals surface area contributed by atoms with Crippen LogP contribution >= 0.6 is 0 Å². The summed E-state index contributed by atoms with van der Waals surface area (Å²) in [4.78, 5) is 8.95. The van der Waals surface area contributed by atoms with Crippen molar-refractivity contribution in [1.29, 1.82) is 0 Å². The number of pyridine rings is 1. The minimum Gasteiger partial charge on any atom is -0.333 e. The summed E-state index contributed by atoms with van der Waals surface area (Å²) >= 11 is 0. The van der Waals surface area contributed by atoms with E-state index in [9.17, 15) is 0 Å². The highest BCUT2D eigenvalue weighted by Crippen LogP contribution is 2.20. The first kappa shape index (κ1) is 16.6. The number of nitrogens with zero attached hydrogens (tertiary/aromatic N) is 3. The fourth-order valence-corrected chi connectivity index (χ4v) is 2.05. The number of aryl methyl sites for hydroxylation is 1. The van der Waals surface area contributed by atoms with Crippen molar-refractivity contribution < 1.29 is 4.70 Å². The first-order chi connectivity index (χ1) is 9.61. The van der Waals surface area contributed by atoms with Crippen LogP contribution in [-0.4, -0.2) is 14.5 Å². The van der Waals surface area contributed by atoms with Gasteiger partial charge in [0.1, 0.15) is 11.5 Å². The van der Waals surface area contributed by atoms with E-state index in [4.69, 9.17) is 0 Å². The summed E-state index contributed by atoms with van der Waals surface area (Å²) in [6.45, 7) is 8.15. The van der Waals surface area contributed by atoms with Gasteiger partial charge in [-0.15, -0.1) is 0 Å². The second kappa shape index (κ2) is 7.33. The Hall–Kier alpha value is -2.49. The number of hydrogen-bond donors (Lipinski definition) is 0. The summed E-state index contributed by atoms with van der Waals surface area (Å²) in [7, 11) is 1.97. The highest BCUT2D eigenvalue weighted by atomic mass is 19.0. The average Bonchev–Trinajstić information content (AvgIpc) is 2.82. The van der Waals surface area contributed by atoms with Crippen molar-refractivity contribution in [1.82, 2.24) is 14.5 Å². The summed E-state index contributed by atoms with van der Waals surface area (Å²) in [6, 6.07) is 5.81. The van der Waals surface area contributed by atoms with Crippen molar-refractivity contribution in [3.63, 3.8) is 0 Å². The third-order valence-corrected chi connectivity index (χ3v) is 2.92. The molecule has 0 N–H and O–H groups in total. The molecule has 2 rings (SSSR count). The SMILES string of the molecule is C=C(/C=C(C)\C=C/C)c1nc(-c2ccccn2)cn1C.F. The van der Waals surface area contributed by atoms with Gasteiger partial charge in [-0.25, -0.2) is 4.98 Å². The maximum absolute atomic E-state index is 4.63. The lowest BCUT2D eigenvalue weighted by Crippen LogP contribution is -1.93. The van der Waals surface area contributed by atoms with E-state index in [1.807, 2.05) is 68.1 Å². The van der Waals surface area contributed by atoms with Crippen molar-refractivity contribution in [3.8, 4) is 11.4 Å². The minimum absolute atomic E-state index is 0. The van der Waals surface area contributed by atoms with Gasteiger partial charge in [0.15, 0.2) is 0 Å². The zero-order valence-electron chi connectivity index (χ0n) is 12.6. The Balaban J connectivity index is 0.00000220. The molecule has 0 atom stereocenters. The molecule has 0 aromatic carbocycles. The molecule has 0 spiro atoms. The van der Waals surface area contributed by atoms with Crippen LogP contribution in [-0.2, 0) is 7.05 Å². The molecular formula is C17H20FN3. The van der Waals surface area contributed by atoms with E-state index in [-0.39, 0.29) is 4.70 Å². The highest BCUT2D eigenvalue weighted by molar-refractivity contribution is 5.71. The van der Waals surface area contributed by atoms with Gasteiger partial charge in [0.05, 0.1) is 5.69 Å². The Morgan fingerprint density at radius 2 is 2.05 bits per heavy atom. The number of halogens is 1. The van der Waals surface area contributed by atoms with E-state index in [2.05, 4.69) is 16.5 Å². The second-order valence-corrected chi connectivity index (χ2v) is 4.69. The highest BCUT2D eigenvalue weighted by Gasteiger charge is 2.09. The summed E-state index contributed by atoms with van der Waals surface area (Å²) in [5.41, 5.74) is 3.78. The Morgan fingerprint density at radius 1 is 1.29 bits per heavy atom. The molecule has 0 saturated heterocycles. The van der Waals surface area contributed by atoms with E-state index in [1.165, 1.54) is 0 Å². The van der Waals surface area contributed by atoms with E-state index >= 15 is 0 Å². The fourth-order valence-electron chi connectivity index (χ4n) is 2.05. The van der Waals surface area contributed by atoms with Crippen molar-refractivity contribution in [2.75, 3.05) is 0 Å². The van der Waals surface area contributed by atoms with Crippen molar-refractivity contribution in [3.05, 3.63) is 66.8 Å². The lowest BCUT2D eigenvalue weighted by Gasteiger charge is -2.01. The average molecular weight is 285 g/mol. The molecule has 3 nitrogen and oxygen atoms in total. The van der Waals surface area contributed by atoms with Crippen molar-refractivity contribution in [2.24, 2.45) is 7.05 Å². The zero-order valence-corrected chi connectivity index (χ0v) is 12.6. The van der Waals surface area contributed by atoms with Gasteiger partial charge in [-0.3, -0.25) is 9.69 Å². The molecule has 2 aromatic heterocycles. The second-order valence-electron chi connectivity index (χ2n) is 4.69. The first-order valence-electron chi connectivity index (χ1n) is 6.57. The predicted molar refractivity (Wildman–Crippen MR) is 86.5 cm³/mol. The normalized spacial score (nSPS) is 11.5. The van der Waals surface area contributed by atoms with Crippen LogP contribution in [0.3, 0.4) is 0 Å². The van der Waals surface area contributed by atoms with Crippen LogP contribution in [0.25, 0.3) is 17.0 Å². The molecule has 0 radical (unpaired) electrons. The van der Waals surface area contributed by atoms with E-state index in [0.29, 0.717) is 0 Å². The van der Waals surface area contributed by atoms with Crippen LogP contribution < -0.4 is 0 Å². The molecular weight excluding hydrogens is 265 g/mol. The van der Waals surface area contributed by atoms with Crippen LogP contribution in [0.5, 0.6) is 0 Å². The number of aromatic nitrogens is 3. The van der Waals surface area contributed by atoms with Gasteiger partial charge < -0.3 is 4.57 Å². The maximum atomic E-state index is 4.63. The van der Waals surface area contributed by atoms with Crippen molar-refractivity contribution in [2.45, 2.75) is 13.8 Å². The van der Waals surface area contributed by atoms with Crippen LogP contribution in [0.4, 0.5) is 4.70 Å². The predicted octanol–water partition coefficient (Wildman–Crippen LogP) is 4.17. The van der Waals surface area contributed by atoms with E-state index in [0.717, 1.165) is 28.4 Å². The molecule has 2 aromatic rings. The fraction of sp³-hybridized carbons (Fsp3) is 0.176. The van der Waals surface area contributed by atoms with Crippen molar-refractivity contribution >= 4 is 5.57 Å². The Kier molecular flexibility index (Phi) is 5.79. The molecule has 0 fully saturated rings. The monoisotopic (exact) mass is 285 g/mol. The number of imidazole rings is 1. The molecule has 0 aliphatic rings. The Labute approximate surface area is 124 Å². The van der Waals surface area contributed by atoms with Gasteiger partial charge in [0, 0.05) is 25.0 Å². The quantitative estimate of drug-likeness (QED) is 0.789. The lowest BCUT2D eigenvalue weighted by atomic mass is 10.1. The summed E-state index contributed by atoms with van der Waals surface area (Å²) in [5.74, 6) is 0.856. The maximum Gasteiger partial charge on any atom is 0.139 e. The summed E-state index contributed by atoms with van der Waals surface area (Å²) < 4.78 is 1.98. The van der Waals surface area contributed by atoms with Gasteiger partial charge >= 0.3 is 0 Å².